The zero-order chi connectivity index (χ0) is 10.1. The summed E-state index contributed by atoms with van der Waals surface area (Å²) in [5.74, 6) is 0.156. The van der Waals surface area contributed by atoms with E-state index in [-0.39, 0.29) is 18.4 Å². The van der Waals surface area contributed by atoms with Crippen molar-refractivity contribution in [3.8, 4) is 5.75 Å². The molecule has 1 aromatic carbocycles. The largest absolute Gasteiger partial charge is 0.508 e. The van der Waals surface area contributed by atoms with Gasteiger partial charge in [0, 0.05) is 10.0 Å². The first kappa shape index (κ1) is 9.33. The lowest BCUT2D eigenvalue weighted by molar-refractivity contribution is 0.177. The van der Waals surface area contributed by atoms with E-state index in [0.717, 1.165) is 4.47 Å². The highest BCUT2D eigenvalue weighted by molar-refractivity contribution is 9.10. The number of phenolic OH excluding ortho intramolecular Hbond substituents is 1. The van der Waals surface area contributed by atoms with Crippen LogP contribution in [-0.4, -0.2) is 17.8 Å². The maximum Gasteiger partial charge on any atom is 0.407 e. The third kappa shape index (κ3) is 1.68. The van der Waals surface area contributed by atoms with Crippen molar-refractivity contribution < 1.29 is 14.6 Å². The molecular formula is C9H8BrNO3. The quantitative estimate of drug-likeness (QED) is 0.809. The Bertz CT molecular complexity index is 380. The van der Waals surface area contributed by atoms with Crippen LogP contribution in [0.1, 0.15) is 11.6 Å². The summed E-state index contributed by atoms with van der Waals surface area (Å²) in [5.41, 5.74) is 0.658. The molecule has 0 radical (unpaired) electrons. The second kappa shape index (κ2) is 3.49. The summed E-state index contributed by atoms with van der Waals surface area (Å²) in [6.07, 6.45) is -0.450. The molecule has 1 aromatic rings. The first-order chi connectivity index (χ1) is 6.66. The van der Waals surface area contributed by atoms with Crippen LogP contribution in [0.2, 0.25) is 0 Å². The summed E-state index contributed by atoms with van der Waals surface area (Å²) in [6, 6.07) is 4.80. The van der Waals surface area contributed by atoms with Gasteiger partial charge >= 0.3 is 6.09 Å². The summed E-state index contributed by atoms with van der Waals surface area (Å²) in [4.78, 5) is 10.8. The summed E-state index contributed by atoms with van der Waals surface area (Å²) in [6.45, 7) is 0.253. The van der Waals surface area contributed by atoms with Gasteiger partial charge in [0.05, 0.1) is 6.04 Å². The van der Waals surface area contributed by atoms with Gasteiger partial charge in [-0.05, 0) is 18.2 Å². The molecule has 74 valence electrons. The zero-order valence-corrected chi connectivity index (χ0v) is 8.74. The van der Waals surface area contributed by atoms with Crippen LogP contribution in [0.25, 0.3) is 0 Å². The maximum absolute atomic E-state index is 10.8. The standard InChI is InChI=1S/C9H8BrNO3/c10-5-1-2-8(12)6(3-5)7-4-14-9(13)11-7/h1-3,7,12H,4H2,(H,11,13)/t7-/m1/s1. The molecule has 0 aliphatic carbocycles. The van der Waals surface area contributed by atoms with E-state index in [1.807, 2.05) is 0 Å². The van der Waals surface area contributed by atoms with Crippen molar-refractivity contribution in [3.05, 3.63) is 28.2 Å². The minimum Gasteiger partial charge on any atom is -0.508 e. The number of phenols is 1. The van der Waals surface area contributed by atoms with Crippen LogP contribution in [0.3, 0.4) is 0 Å². The summed E-state index contributed by atoms with van der Waals surface area (Å²) >= 11 is 3.29. The van der Waals surface area contributed by atoms with Crippen LogP contribution in [0.5, 0.6) is 5.75 Å². The number of ether oxygens (including phenoxy) is 1. The number of amides is 1. The van der Waals surface area contributed by atoms with Gasteiger partial charge < -0.3 is 15.2 Å². The maximum atomic E-state index is 10.8. The topological polar surface area (TPSA) is 58.6 Å². The molecule has 1 heterocycles. The number of carbonyl (C=O) groups excluding carboxylic acids is 1. The van der Waals surface area contributed by atoms with Crippen molar-refractivity contribution in [2.75, 3.05) is 6.61 Å². The first-order valence-corrected chi connectivity index (χ1v) is 4.88. The fourth-order valence-electron chi connectivity index (χ4n) is 1.36. The van der Waals surface area contributed by atoms with E-state index < -0.39 is 6.09 Å². The minimum atomic E-state index is -0.450. The SMILES string of the molecule is O=C1N[C@@H](c2cc(Br)ccc2O)CO1. The molecule has 5 heteroatoms. The van der Waals surface area contributed by atoms with Crippen LogP contribution in [0.15, 0.2) is 22.7 Å². The molecule has 0 saturated carbocycles. The Morgan fingerprint density at radius 3 is 3.00 bits per heavy atom. The molecule has 2 rings (SSSR count). The Kier molecular flexibility index (Phi) is 2.33. The molecule has 1 fully saturated rings. The average molecular weight is 258 g/mol. The van der Waals surface area contributed by atoms with Gasteiger partial charge in [-0.1, -0.05) is 15.9 Å². The highest BCUT2D eigenvalue weighted by Crippen LogP contribution is 2.29. The second-order valence-electron chi connectivity index (χ2n) is 3.00. The lowest BCUT2D eigenvalue weighted by atomic mass is 10.1. The molecule has 1 amide bonds. The van der Waals surface area contributed by atoms with E-state index in [2.05, 4.69) is 21.2 Å². The Morgan fingerprint density at radius 2 is 2.36 bits per heavy atom. The van der Waals surface area contributed by atoms with Crippen LogP contribution in [0.4, 0.5) is 4.79 Å². The molecule has 4 nitrogen and oxygen atoms in total. The van der Waals surface area contributed by atoms with E-state index in [1.54, 1.807) is 18.2 Å². The van der Waals surface area contributed by atoms with Crippen molar-refractivity contribution in [2.45, 2.75) is 6.04 Å². The van der Waals surface area contributed by atoms with Crippen LogP contribution < -0.4 is 5.32 Å². The molecule has 1 aliphatic rings. The van der Waals surface area contributed by atoms with Gasteiger partial charge in [0.15, 0.2) is 0 Å². The fraction of sp³-hybridized carbons (Fsp3) is 0.222. The lowest BCUT2D eigenvalue weighted by Gasteiger charge is -2.09. The number of hydrogen-bond donors (Lipinski definition) is 2. The predicted octanol–water partition coefficient (Wildman–Crippen LogP) is 1.94. The van der Waals surface area contributed by atoms with Crippen molar-refractivity contribution in [2.24, 2.45) is 0 Å². The summed E-state index contributed by atoms with van der Waals surface area (Å²) < 4.78 is 5.59. The zero-order valence-electron chi connectivity index (χ0n) is 7.16. The molecule has 1 saturated heterocycles. The molecule has 0 bridgehead atoms. The highest BCUT2D eigenvalue weighted by atomic mass is 79.9. The number of benzene rings is 1. The molecule has 0 spiro atoms. The molecule has 0 aromatic heterocycles. The van der Waals surface area contributed by atoms with Crippen molar-refractivity contribution in [1.82, 2.24) is 5.32 Å². The number of aromatic hydroxyl groups is 1. The van der Waals surface area contributed by atoms with Crippen LogP contribution in [-0.2, 0) is 4.74 Å². The van der Waals surface area contributed by atoms with Gasteiger partial charge in [0.1, 0.15) is 12.4 Å². The number of hydrogen-bond acceptors (Lipinski definition) is 3. The number of cyclic esters (lactones) is 1. The van der Waals surface area contributed by atoms with E-state index in [1.165, 1.54) is 0 Å². The van der Waals surface area contributed by atoms with Gasteiger partial charge in [-0.15, -0.1) is 0 Å². The number of halogens is 1. The molecule has 14 heavy (non-hydrogen) atoms. The average Bonchev–Trinajstić information content (AvgIpc) is 2.56. The Balaban J connectivity index is 2.31. The third-order valence-corrected chi connectivity index (χ3v) is 2.53. The van der Waals surface area contributed by atoms with Crippen LogP contribution in [0, 0.1) is 0 Å². The molecule has 0 unspecified atom stereocenters. The van der Waals surface area contributed by atoms with Crippen molar-refractivity contribution >= 4 is 22.0 Å². The highest BCUT2D eigenvalue weighted by Gasteiger charge is 2.25. The van der Waals surface area contributed by atoms with Gasteiger partial charge in [0.2, 0.25) is 0 Å². The summed E-state index contributed by atoms with van der Waals surface area (Å²) in [5, 5.41) is 12.2. The van der Waals surface area contributed by atoms with Crippen molar-refractivity contribution in [1.29, 1.82) is 0 Å². The number of carbonyl (C=O) groups is 1. The number of nitrogens with one attached hydrogen (secondary N) is 1. The molecule has 1 atom stereocenters. The first-order valence-electron chi connectivity index (χ1n) is 4.08. The Labute approximate surface area is 89.0 Å². The van der Waals surface area contributed by atoms with E-state index in [9.17, 15) is 9.90 Å². The normalized spacial score (nSPS) is 20.4. The molecule has 2 N–H and O–H groups in total. The van der Waals surface area contributed by atoms with E-state index in [0.29, 0.717) is 5.56 Å². The fourth-order valence-corrected chi connectivity index (χ4v) is 1.74. The third-order valence-electron chi connectivity index (χ3n) is 2.04. The minimum absolute atomic E-state index is 0.156. The number of rotatable bonds is 1. The van der Waals surface area contributed by atoms with E-state index in [4.69, 9.17) is 4.74 Å². The Morgan fingerprint density at radius 1 is 1.57 bits per heavy atom. The lowest BCUT2D eigenvalue weighted by Crippen LogP contribution is -2.18. The van der Waals surface area contributed by atoms with E-state index >= 15 is 0 Å². The van der Waals surface area contributed by atoms with Gasteiger partial charge in [-0.2, -0.15) is 0 Å². The van der Waals surface area contributed by atoms with Gasteiger partial charge in [-0.3, -0.25) is 0 Å². The number of alkyl carbamates (subject to hydrolysis) is 1. The second-order valence-corrected chi connectivity index (χ2v) is 3.91. The smallest absolute Gasteiger partial charge is 0.407 e. The summed E-state index contributed by atoms with van der Waals surface area (Å²) in [7, 11) is 0. The Hall–Kier alpha value is -1.23. The monoisotopic (exact) mass is 257 g/mol. The molecule has 1 aliphatic heterocycles. The van der Waals surface area contributed by atoms with Gasteiger partial charge in [0.25, 0.3) is 0 Å². The van der Waals surface area contributed by atoms with Gasteiger partial charge in [-0.25, -0.2) is 4.79 Å². The predicted molar refractivity (Wildman–Crippen MR) is 53.0 cm³/mol. The van der Waals surface area contributed by atoms with Crippen molar-refractivity contribution in [3.63, 3.8) is 0 Å². The molecular weight excluding hydrogens is 250 g/mol. The van der Waals surface area contributed by atoms with Crippen LogP contribution >= 0.6 is 15.9 Å².